The molecule has 1 aromatic carbocycles. The normalized spacial score (nSPS) is 33.5. The Morgan fingerprint density at radius 1 is 1.07 bits per heavy atom. The summed E-state index contributed by atoms with van der Waals surface area (Å²) in [6.45, 7) is 1.05. The Morgan fingerprint density at radius 2 is 1.93 bits per heavy atom. The first kappa shape index (κ1) is 9.41. The van der Waals surface area contributed by atoms with Crippen LogP contribution in [-0.4, -0.2) is 6.04 Å². The van der Waals surface area contributed by atoms with Crippen LogP contribution in [0.4, 0.5) is 0 Å². The Balaban J connectivity index is 1.55. The quantitative estimate of drug-likeness (QED) is 0.792. The molecular weight excluding hydrogens is 182 g/mol. The molecule has 0 radical (unpaired) electrons. The Bertz CT molecular complexity index is 319. The topological polar surface area (TPSA) is 12.0 Å². The van der Waals surface area contributed by atoms with Crippen molar-refractivity contribution in [1.82, 2.24) is 5.32 Å². The first-order valence-corrected chi connectivity index (χ1v) is 6.19. The molecule has 0 heterocycles. The van der Waals surface area contributed by atoms with Crippen LogP contribution in [0.3, 0.4) is 0 Å². The third kappa shape index (κ3) is 1.93. The second kappa shape index (κ2) is 3.97. The predicted octanol–water partition coefficient (Wildman–Crippen LogP) is 2.96. The average Bonchev–Trinajstić information content (AvgIpc) is 2.89. The molecule has 2 bridgehead atoms. The summed E-state index contributed by atoms with van der Waals surface area (Å²) < 4.78 is 0. The summed E-state index contributed by atoms with van der Waals surface area (Å²) in [6.07, 6.45) is 5.88. The summed E-state index contributed by atoms with van der Waals surface area (Å²) in [5.74, 6) is 2.03. The molecule has 1 heteroatoms. The molecular formula is C14H19N. The van der Waals surface area contributed by atoms with Crippen LogP contribution in [0.25, 0.3) is 0 Å². The van der Waals surface area contributed by atoms with Gasteiger partial charge in [-0.25, -0.2) is 0 Å². The lowest BCUT2D eigenvalue weighted by Crippen LogP contribution is -2.33. The van der Waals surface area contributed by atoms with Crippen molar-refractivity contribution in [3.05, 3.63) is 35.9 Å². The third-order valence-electron chi connectivity index (χ3n) is 4.15. The lowest BCUT2D eigenvalue weighted by Gasteiger charge is -2.22. The molecule has 2 aliphatic rings. The highest BCUT2D eigenvalue weighted by atomic mass is 14.9. The summed E-state index contributed by atoms with van der Waals surface area (Å²) in [6, 6.07) is 11.6. The van der Waals surface area contributed by atoms with Gasteiger partial charge in [0.1, 0.15) is 0 Å². The van der Waals surface area contributed by atoms with E-state index in [9.17, 15) is 0 Å². The van der Waals surface area contributed by atoms with E-state index in [-0.39, 0.29) is 0 Å². The molecule has 0 unspecified atom stereocenters. The van der Waals surface area contributed by atoms with Crippen molar-refractivity contribution in [2.45, 2.75) is 38.3 Å². The van der Waals surface area contributed by atoms with Crippen LogP contribution in [0.15, 0.2) is 30.3 Å². The largest absolute Gasteiger partial charge is 0.310 e. The van der Waals surface area contributed by atoms with E-state index in [1.54, 1.807) is 0 Å². The van der Waals surface area contributed by atoms with Gasteiger partial charge in [-0.05, 0) is 36.7 Å². The van der Waals surface area contributed by atoms with Crippen LogP contribution in [-0.2, 0) is 6.54 Å². The highest BCUT2D eigenvalue weighted by Crippen LogP contribution is 2.44. The van der Waals surface area contributed by atoms with Crippen LogP contribution in [0, 0.1) is 11.8 Å². The Kier molecular flexibility index (Phi) is 2.49. The van der Waals surface area contributed by atoms with E-state index in [1.807, 2.05) is 0 Å². The second-order valence-corrected chi connectivity index (χ2v) is 5.15. The van der Waals surface area contributed by atoms with E-state index in [1.165, 1.54) is 31.2 Å². The van der Waals surface area contributed by atoms with Crippen molar-refractivity contribution in [3.8, 4) is 0 Å². The first-order valence-electron chi connectivity index (χ1n) is 6.19. The SMILES string of the molecule is c1ccc(CN[C@H]2C[C@H]3CC[C@@H]2C3)cc1. The lowest BCUT2D eigenvalue weighted by atomic mass is 9.95. The van der Waals surface area contributed by atoms with E-state index < -0.39 is 0 Å². The van der Waals surface area contributed by atoms with Crippen molar-refractivity contribution >= 4 is 0 Å². The van der Waals surface area contributed by atoms with Crippen molar-refractivity contribution < 1.29 is 0 Å². The zero-order valence-electron chi connectivity index (χ0n) is 9.15. The molecule has 2 aliphatic carbocycles. The van der Waals surface area contributed by atoms with E-state index in [2.05, 4.69) is 35.6 Å². The highest BCUT2D eigenvalue weighted by Gasteiger charge is 2.38. The molecule has 3 rings (SSSR count). The molecule has 3 atom stereocenters. The fourth-order valence-corrected chi connectivity index (χ4v) is 3.34. The molecule has 0 spiro atoms. The summed E-state index contributed by atoms with van der Waals surface area (Å²) in [5, 5.41) is 3.73. The summed E-state index contributed by atoms with van der Waals surface area (Å²) >= 11 is 0. The number of hydrogen-bond donors (Lipinski definition) is 1. The monoisotopic (exact) mass is 201 g/mol. The predicted molar refractivity (Wildman–Crippen MR) is 62.5 cm³/mol. The molecule has 0 aromatic heterocycles. The van der Waals surface area contributed by atoms with Crippen molar-refractivity contribution in [3.63, 3.8) is 0 Å². The van der Waals surface area contributed by atoms with E-state index >= 15 is 0 Å². The van der Waals surface area contributed by atoms with E-state index in [4.69, 9.17) is 0 Å². The smallest absolute Gasteiger partial charge is 0.0208 e. The van der Waals surface area contributed by atoms with Gasteiger partial charge < -0.3 is 5.32 Å². The standard InChI is InChI=1S/C14H19N/c1-2-4-11(5-3-1)10-15-14-9-12-6-7-13(14)8-12/h1-5,12-15H,6-10H2/t12-,13+,14-/m0/s1. The van der Waals surface area contributed by atoms with Gasteiger partial charge in [0.15, 0.2) is 0 Å². The zero-order chi connectivity index (χ0) is 10.1. The molecule has 80 valence electrons. The van der Waals surface area contributed by atoms with Crippen LogP contribution < -0.4 is 5.32 Å². The minimum atomic E-state index is 0.809. The number of benzene rings is 1. The van der Waals surface area contributed by atoms with Crippen molar-refractivity contribution in [2.24, 2.45) is 11.8 Å². The molecule has 0 amide bonds. The van der Waals surface area contributed by atoms with Gasteiger partial charge >= 0.3 is 0 Å². The Hall–Kier alpha value is -0.820. The van der Waals surface area contributed by atoms with Crippen LogP contribution >= 0.6 is 0 Å². The van der Waals surface area contributed by atoms with Gasteiger partial charge in [0.05, 0.1) is 0 Å². The maximum Gasteiger partial charge on any atom is 0.0208 e. The molecule has 1 aromatic rings. The van der Waals surface area contributed by atoms with E-state index in [0.29, 0.717) is 0 Å². The zero-order valence-corrected chi connectivity index (χ0v) is 9.15. The van der Waals surface area contributed by atoms with Gasteiger partial charge in [-0.15, -0.1) is 0 Å². The van der Waals surface area contributed by atoms with Gasteiger partial charge in [-0.3, -0.25) is 0 Å². The van der Waals surface area contributed by atoms with Gasteiger partial charge in [0.25, 0.3) is 0 Å². The second-order valence-electron chi connectivity index (χ2n) is 5.15. The molecule has 0 aliphatic heterocycles. The Labute approximate surface area is 91.9 Å². The molecule has 1 nitrogen and oxygen atoms in total. The Morgan fingerprint density at radius 3 is 2.60 bits per heavy atom. The summed E-state index contributed by atoms with van der Waals surface area (Å²) in [4.78, 5) is 0. The maximum atomic E-state index is 3.73. The molecule has 0 saturated heterocycles. The molecule has 2 fully saturated rings. The maximum absolute atomic E-state index is 3.73. The minimum absolute atomic E-state index is 0.809. The fraction of sp³-hybridized carbons (Fsp3) is 0.571. The van der Waals surface area contributed by atoms with Crippen LogP contribution in [0.5, 0.6) is 0 Å². The first-order chi connectivity index (χ1) is 7.42. The summed E-state index contributed by atoms with van der Waals surface area (Å²) in [7, 11) is 0. The number of rotatable bonds is 3. The van der Waals surface area contributed by atoms with Crippen molar-refractivity contribution in [2.75, 3.05) is 0 Å². The number of fused-ring (bicyclic) bond motifs is 2. The lowest BCUT2D eigenvalue weighted by molar-refractivity contribution is 0.351. The average molecular weight is 201 g/mol. The van der Waals surface area contributed by atoms with Crippen LogP contribution in [0.2, 0.25) is 0 Å². The molecule has 15 heavy (non-hydrogen) atoms. The molecule has 2 saturated carbocycles. The van der Waals surface area contributed by atoms with Crippen molar-refractivity contribution in [1.29, 1.82) is 0 Å². The third-order valence-corrected chi connectivity index (χ3v) is 4.15. The molecule has 1 N–H and O–H groups in total. The van der Waals surface area contributed by atoms with Gasteiger partial charge in [0, 0.05) is 12.6 Å². The van der Waals surface area contributed by atoms with Gasteiger partial charge in [-0.1, -0.05) is 36.8 Å². The fourth-order valence-electron chi connectivity index (χ4n) is 3.34. The van der Waals surface area contributed by atoms with Crippen LogP contribution in [0.1, 0.15) is 31.2 Å². The number of hydrogen-bond acceptors (Lipinski definition) is 1. The highest BCUT2D eigenvalue weighted by molar-refractivity contribution is 5.14. The van der Waals surface area contributed by atoms with Gasteiger partial charge in [0.2, 0.25) is 0 Å². The number of nitrogens with one attached hydrogen (secondary N) is 1. The van der Waals surface area contributed by atoms with E-state index in [0.717, 1.165) is 24.4 Å². The van der Waals surface area contributed by atoms with Gasteiger partial charge in [-0.2, -0.15) is 0 Å². The minimum Gasteiger partial charge on any atom is -0.310 e. The summed E-state index contributed by atoms with van der Waals surface area (Å²) in [5.41, 5.74) is 1.42.